The van der Waals surface area contributed by atoms with E-state index >= 15 is 0 Å². The number of nitrogens with zero attached hydrogens (tertiary/aromatic N) is 1. The van der Waals surface area contributed by atoms with Gasteiger partial charge in [0.25, 0.3) is 0 Å². The summed E-state index contributed by atoms with van der Waals surface area (Å²) in [5, 5.41) is 4.29. The van der Waals surface area contributed by atoms with Gasteiger partial charge in [0.2, 0.25) is 0 Å². The summed E-state index contributed by atoms with van der Waals surface area (Å²) in [4.78, 5) is 2.11. The molecule has 0 aliphatic rings. The highest BCUT2D eigenvalue weighted by Crippen LogP contribution is 2.26. The van der Waals surface area contributed by atoms with Crippen molar-refractivity contribution < 1.29 is 9.15 Å². The molecule has 0 aliphatic heterocycles. The standard InChI is InChI=1S/C15H22N2O2/c1-16-10-15-13(11-18-9-8-17(2)3)12-6-4-5-7-14(12)19-15/h4-7,16H,8-11H2,1-3H3. The molecule has 4 nitrogen and oxygen atoms in total. The number of likely N-dealkylation sites (N-methyl/N-ethyl adjacent to an activating group) is 1. The molecular weight excluding hydrogens is 240 g/mol. The highest BCUT2D eigenvalue weighted by atomic mass is 16.5. The molecule has 0 atom stereocenters. The van der Waals surface area contributed by atoms with E-state index in [4.69, 9.17) is 9.15 Å². The van der Waals surface area contributed by atoms with Crippen LogP contribution < -0.4 is 5.32 Å². The molecule has 104 valence electrons. The van der Waals surface area contributed by atoms with Gasteiger partial charge in [-0.2, -0.15) is 0 Å². The minimum Gasteiger partial charge on any atom is -0.459 e. The van der Waals surface area contributed by atoms with E-state index in [0.29, 0.717) is 6.61 Å². The van der Waals surface area contributed by atoms with E-state index < -0.39 is 0 Å². The quantitative estimate of drug-likeness (QED) is 0.777. The third-order valence-electron chi connectivity index (χ3n) is 3.05. The van der Waals surface area contributed by atoms with Crippen molar-refractivity contribution >= 4 is 11.0 Å². The molecule has 4 heteroatoms. The van der Waals surface area contributed by atoms with Gasteiger partial charge in [0.15, 0.2) is 0 Å². The van der Waals surface area contributed by atoms with Crippen LogP contribution in [-0.2, 0) is 17.9 Å². The lowest BCUT2D eigenvalue weighted by Gasteiger charge is -2.10. The summed E-state index contributed by atoms with van der Waals surface area (Å²) >= 11 is 0. The van der Waals surface area contributed by atoms with Gasteiger partial charge in [0.05, 0.1) is 19.8 Å². The zero-order chi connectivity index (χ0) is 13.7. The smallest absolute Gasteiger partial charge is 0.134 e. The van der Waals surface area contributed by atoms with Crippen molar-refractivity contribution in [1.82, 2.24) is 10.2 Å². The number of hydrogen-bond donors (Lipinski definition) is 1. The second-order valence-corrected chi connectivity index (χ2v) is 4.89. The zero-order valence-corrected chi connectivity index (χ0v) is 11.9. The zero-order valence-electron chi connectivity index (χ0n) is 11.9. The summed E-state index contributed by atoms with van der Waals surface area (Å²) in [6, 6.07) is 8.11. The maximum Gasteiger partial charge on any atom is 0.134 e. The van der Waals surface area contributed by atoms with Gasteiger partial charge < -0.3 is 19.4 Å². The van der Waals surface area contributed by atoms with Gasteiger partial charge >= 0.3 is 0 Å². The Morgan fingerprint density at radius 1 is 1.26 bits per heavy atom. The minimum atomic E-state index is 0.599. The van der Waals surface area contributed by atoms with E-state index in [2.05, 4.69) is 16.3 Å². The predicted molar refractivity (Wildman–Crippen MR) is 77.2 cm³/mol. The maximum absolute atomic E-state index is 5.86. The second kappa shape index (κ2) is 6.70. The third-order valence-corrected chi connectivity index (χ3v) is 3.05. The molecule has 0 fully saturated rings. The Hall–Kier alpha value is -1.36. The molecule has 2 rings (SSSR count). The fourth-order valence-corrected chi connectivity index (χ4v) is 2.03. The molecule has 1 heterocycles. The van der Waals surface area contributed by atoms with Gasteiger partial charge in [0.1, 0.15) is 11.3 Å². The molecule has 0 aliphatic carbocycles. The first kappa shape index (κ1) is 14.1. The molecule has 0 bridgehead atoms. The lowest BCUT2D eigenvalue weighted by molar-refractivity contribution is 0.105. The molecule has 0 spiro atoms. The molecule has 0 saturated heterocycles. The van der Waals surface area contributed by atoms with Crippen molar-refractivity contribution in [1.29, 1.82) is 0 Å². The van der Waals surface area contributed by atoms with Crippen molar-refractivity contribution in [3.63, 3.8) is 0 Å². The Kier molecular flexibility index (Phi) is 4.96. The van der Waals surface area contributed by atoms with Crippen LogP contribution in [0, 0.1) is 0 Å². The molecule has 0 amide bonds. The largest absolute Gasteiger partial charge is 0.459 e. The van der Waals surface area contributed by atoms with Crippen LogP contribution in [-0.4, -0.2) is 39.2 Å². The number of fused-ring (bicyclic) bond motifs is 1. The number of ether oxygens (including phenoxy) is 1. The van der Waals surface area contributed by atoms with Crippen LogP contribution in [0.3, 0.4) is 0 Å². The lowest BCUT2D eigenvalue weighted by atomic mass is 10.1. The highest BCUT2D eigenvalue weighted by Gasteiger charge is 2.13. The van der Waals surface area contributed by atoms with Crippen LogP contribution in [0.5, 0.6) is 0 Å². The van der Waals surface area contributed by atoms with Gasteiger partial charge in [-0.15, -0.1) is 0 Å². The van der Waals surface area contributed by atoms with Crippen LogP contribution in [0.4, 0.5) is 0 Å². The normalized spacial score (nSPS) is 11.6. The van der Waals surface area contributed by atoms with Gasteiger partial charge in [-0.05, 0) is 27.2 Å². The average Bonchev–Trinajstić information content (AvgIpc) is 2.73. The van der Waals surface area contributed by atoms with Gasteiger partial charge in [-0.3, -0.25) is 0 Å². The summed E-state index contributed by atoms with van der Waals surface area (Å²) in [7, 11) is 6.01. The van der Waals surface area contributed by atoms with Crippen LogP contribution in [0.1, 0.15) is 11.3 Å². The first-order valence-corrected chi connectivity index (χ1v) is 6.58. The number of benzene rings is 1. The van der Waals surface area contributed by atoms with Crippen molar-refractivity contribution in [2.45, 2.75) is 13.2 Å². The van der Waals surface area contributed by atoms with Crippen molar-refractivity contribution in [2.75, 3.05) is 34.3 Å². The summed E-state index contributed by atoms with van der Waals surface area (Å²) in [6.45, 7) is 2.98. The number of furan rings is 1. The van der Waals surface area contributed by atoms with Crippen molar-refractivity contribution in [3.05, 3.63) is 35.6 Å². The van der Waals surface area contributed by atoms with Gasteiger partial charge in [-0.25, -0.2) is 0 Å². The number of nitrogens with one attached hydrogen (secondary N) is 1. The number of hydrogen-bond acceptors (Lipinski definition) is 4. The predicted octanol–water partition coefficient (Wildman–Crippen LogP) is 2.23. The first-order chi connectivity index (χ1) is 9.22. The molecule has 0 unspecified atom stereocenters. The topological polar surface area (TPSA) is 37.6 Å². The summed E-state index contributed by atoms with van der Waals surface area (Å²) < 4.78 is 11.6. The highest BCUT2D eigenvalue weighted by molar-refractivity contribution is 5.82. The molecular formula is C15H22N2O2. The summed E-state index contributed by atoms with van der Waals surface area (Å²) in [6.07, 6.45) is 0. The molecule has 1 N–H and O–H groups in total. The molecule has 0 radical (unpaired) electrons. The third kappa shape index (κ3) is 3.56. The van der Waals surface area contributed by atoms with Crippen LogP contribution in [0.15, 0.2) is 28.7 Å². The SMILES string of the molecule is CNCc1oc2ccccc2c1COCCN(C)C. The summed E-state index contributed by atoms with van der Waals surface area (Å²) in [5.74, 6) is 0.966. The molecule has 1 aromatic carbocycles. The van der Waals surface area contributed by atoms with Gasteiger partial charge in [-0.1, -0.05) is 18.2 Å². The summed E-state index contributed by atoms with van der Waals surface area (Å²) in [5.41, 5.74) is 2.09. The number of para-hydroxylation sites is 1. The van der Waals surface area contributed by atoms with E-state index in [1.165, 1.54) is 0 Å². The molecule has 19 heavy (non-hydrogen) atoms. The van der Waals surface area contributed by atoms with E-state index in [1.54, 1.807) is 0 Å². The van der Waals surface area contributed by atoms with E-state index in [0.717, 1.165) is 42.0 Å². The Balaban J connectivity index is 2.12. The molecule has 1 aromatic heterocycles. The van der Waals surface area contributed by atoms with E-state index in [9.17, 15) is 0 Å². The molecule has 0 saturated carbocycles. The van der Waals surface area contributed by atoms with Crippen LogP contribution in [0.25, 0.3) is 11.0 Å². The van der Waals surface area contributed by atoms with Crippen molar-refractivity contribution in [2.24, 2.45) is 0 Å². The maximum atomic E-state index is 5.86. The second-order valence-electron chi connectivity index (χ2n) is 4.89. The lowest BCUT2D eigenvalue weighted by Crippen LogP contribution is -2.18. The van der Waals surface area contributed by atoms with Crippen molar-refractivity contribution in [3.8, 4) is 0 Å². The van der Waals surface area contributed by atoms with Crippen LogP contribution in [0.2, 0.25) is 0 Å². The Bertz CT molecular complexity index is 520. The average molecular weight is 262 g/mol. The Labute approximate surface area is 114 Å². The fourth-order valence-electron chi connectivity index (χ4n) is 2.03. The Morgan fingerprint density at radius 2 is 2.05 bits per heavy atom. The number of rotatable bonds is 7. The fraction of sp³-hybridized carbons (Fsp3) is 0.467. The first-order valence-electron chi connectivity index (χ1n) is 6.58. The Morgan fingerprint density at radius 3 is 2.79 bits per heavy atom. The monoisotopic (exact) mass is 262 g/mol. The van der Waals surface area contributed by atoms with E-state index in [1.807, 2.05) is 39.3 Å². The van der Waals surface area contributed by atoms with Gasteiger partial charge in [0, 0.05) is 17.5 Å². The van der Waals surface area contributed by atoms with E-state index in [-0.39, 0.29) is 0 Å². The molecule has 2 aromatic rings. The minimum absolute atomic E-state index is 0.599. The van der Waals surface area contributed by atoms with Crippen LogP contribution >= 0.6 is 0 Å².